The van der Waals surface area contributed by atoms with E-state index >= 15 is 0 Å². The Morgan fingerprint density at radius 3 is 2.58 bits per heavy atom. The molecule has 0 aliphatic rings. The number of carbonyl (C=O) groups excluding carboxylic acids is 1. The van der Waals surface area contributed by atoms with Crippen LogP contribution in [0.2, 0.25) is 0 Å². The van der Waals surface area contributed by atoms with Crippen molar-refractivity contribution < 1.29 is 9.21 Å². The van der Waals surface area contributed by atoms with Crippen LogP contribution in [0, 0.1) is 0 Å². The summed E-state index contributed by atoms with van der Waals surface area (Å²) in [5.74, 6) is 1.25. The number of Topliss-reactive ketones (excluding diaryl/α,β-unsaturated/α-hetero) is 1. The van der Waals surface area contributed by atoms with E-state index in [0.29, 0.717) is 22.6 Å². The number of carbonyl (C=O) groups is 1. The number of benzene rings is 2. The third kappa shape index (κ3) is 4.43. The number of thioether (sulfide) groups is 1. The molecule has 1 heterocycles. The molecule has 0 radical (unpaired) electrons. The fourth-order valence-corrected chi connectivity index (χ4v) is 3.57. The van der Waals surface area contributed by atoms with Gasteiger partial charge in [0, 0.05) is 10.0 Å². The third-order valence-corrected chi connectivity index (χ3v) is 5.76. The quantitative estimate of drug-likeness (QED) is 0.340. The second-order valence-electron chi connectivity index (χ2n) is 6.00. The molecule has 4 nitrogen and oxygen atoms in total. The van der Waals surface area contributed by atoms with Gasteiger partial charge >= 0.3 is 0 Å². The van der Waals surface area contributed by atoms with Crippen LogP contribution in [-0.4, -0.2) is 21.7 Å². The molecule has 2 aromatic carbocycles. The molecule has 0 bridgehead atoms. The molecule has 0 aliphatic heterocycles. The lowest BCUT2D eigenvalue weighted by Crippen LogP contribution is -2.03. The van der Waals surface area contributed by atoms with Crippen LogP contribution in [0.1, 0.15) is 42.1 Å². The van der Waals surface area contributed by atoms with Crippen LogP contribution in [-0.2, 0) is 0 Å². The third-order valence-electron chi connectivity index (χ3n) is 4.25. The van der Waals surface area contributed by atoms with Gasteiger partial charge in [-0.3, -0.25) is 4.79 Å². The van der Waals surface area contributed by atoms with Crippen molar-refractivity contribution in [3.63, 3.8) is 0 Å². The zero-order chi connectivity index (χ0) is 18.5. The standard InChI is InChI=1S/C20H19BrN2O2S/c1-3-13(2)14-8-10-15(11-9-14)18(24)12-26-20-23-22-19(25-20)16-6-4-5-7-17(16)21/h4-11,13H,3,12H2,1-2H3. The van der Waals surface area contributed by atoms with Crippen molar-refractivity contribution in [2.75, 3.05) is 5.75 Å². The molecule has 6 heteroatoms. The van der Waals surface area contributed by atoms with E-state index in [4.69, 9.17) is 4.42 Å². The highest BCUT2D eigenvalue weighted by molar-refractivity contribution is 9.10. The predicted octanol–water partition coefficient (Wildman–Crippen LogP) is 5.99. The van der Waals surface area contributed by atoms with Gasteiger partial charge in [-0.25, -0.2) is 0 Å². The van der Waals surface area contributed by atoms with Gasteiger partial charge in [-0.2, -0.15) is 0 Å². The zero-order valence-corrected chi connectivity index (χ0v) is 17.0. The van der Waals surface area contributed by atoms with Crippen LogP contribution in [0.25, 0.3) is 11.5 Å². The summed E-state index contributed by atoms with van der Waals surface area (Å²) in [5.41, 5.74) is 2.79. The van der Waals surface area contributed by atoms with E-state index in [1.54, 1.807) is 0 Å². The van der Waals surface area contributed by atoms with Gasteiger partial charge in [-0.1, -0.05) is 62.0 Å². The van der Waals surface area contributed by atoms with E-state index in [9.17, 15) is 4.79 Å². The number of ketones is 1. The summed E-state index contributed by atoms with van der Waals surface area (Å²) >= 11 is 4.72. The fourth-order valence-electron chi connectivity index (χ4n) is 2.46. The van der Waals surface area contributed by atoms with Crippen molar-refractivity contribution in [1.29, 1.82) is 0 Å². The Hall–Kier alpha value is -1.92. The monoisotopic (exact) mass is 430 g/mol. The lowest BCUT2D eigenvalue weighted by atomic mass is 9.97. The summed E-state index contributed by atoms with van der Waals surface area (Å²) in [7, 11) is 0. The lowest BCUT2D eigenvalue weighted by molar-refractivity contribution is 0.102. The van der Waals surface area contributed by atoms with Crippen molar-refractivity contribution in [3.8, 4) is 11.5 Å². The Morgan fingerprint density at radius 2 is 1.88 bits per heavy atom. The number of halogens is 1. The van der Waals surface area contributed by atoms with E-state index in [-0.39, 0.29) is 11.5 Å². The molecule has 0 amide bonds. The molecule has 0 aliphatic carbocycles. The summed E-state index contributed by atoms with van der Waals surface area (Å²) in [4.78, 5) is 12.4. The van der Waals surface area contributed by atoms with Crippen molar-refractivity contribution in [3.05, 3.63) is 64.1 Å². The first-order chi connectivity index (χ1) is 12.6. The Labute approximate surface area is 165 Å². The molecule has 0 N–H and O–H groups in total. The van der Waals surface area contributed by atoms with Gasteiger partial charge < -0.3 is 4.42 Å². The first-order valence-corrected chi connectivity index (χ1v) is 10.2. The Balaban J connectivity index is 1.62. The van der Waals surface area contributed by atoms with Gasteiger partial charge in [0.1, 0.15) is 0 Å². The number of hydrogen-bond acceptors (Lipinski definition) is 5. The molecule has 1 aromatic heterocycles. The molecule has 3 rings (SSSR count). The topological polar surface area (TPSA) is 56.0 Å². The second-order valence-corrected chi connectivity index (χ2v) is 7.78. The summed E-state index contributed by atoms with van der Waals surface area (Å²) in [6.45, 7) is 4.35. The zero-order valence-electron chi connectivity index (χ0n) is 14.6. The minimum absolute atomic E-state index is 0.0475. The summed E-state index contributed by atoms with van der Waals surface area (Å²) in [6, 6.07) is 15.5. The fraction of sp³-hybridized carbons (Fsp3) is 0.250. The minimum Gasteiger partial charge on any atom is -0.411 e. The maximum absolute atomic E-state index is 12.4. The Morgan fingerprint density at radius 1 is 1.15 bits per heavy atom. The molecule has 3 aromatic rings. The molecule has 0 fully saturated rings. The molecule has 0 saturated carbocycles. The highest BCUT2D eigenvalue weighted by Crippen LogP contribution is 2.29. The Bertz CT molecular complexity index is 893. The van der Waals surface area contributed by atoms with E-state index in [0.717, 1.165) is 16.5 Å². The molecule has 0 spiro atoms. The summed E-state index contributed by atoms with van der Waals surface area (Å²) in [6.07, 6.45) is 1.08. The van der Waals surface area contributed by atoms with E-state index in [2.05, 4.69) is 40.0 Å². The van der Waals surface area contributed by atoms with Crippen molar-refractivity contribution in [2.45, 2.75) is 31.4 Å². The maximum Gasteiger partial charge on any atom is 0.277 e. The van der Waals surface area contributed by atoms with E-state index < -0.39 is 0 Å². The molecular formula is C20H19BrN2O2S. The van der Waals surface area contributed by atoms with Gasteiger partial charge in [0.25, 0.3) is 5.22 Å². The first-order valence-electron chi connectivity index (χ1n) is 8.43. The molecular weight excluding hydrogens is 412 g/mol. The van der Waals surface area contributed by atoms with E-state index in [1.165, 1.54) is 17.3 Å². The predicted molar refractivity (Wildman–Crippen MR) is 108 cm³/mol. The molecule has 134 valence electrons. The van der Waals surface area contributed by atoms with Crippen molar-refractivity contribution >= 4 is 33.5 Å². The number of rotatable bonds is 7. The van der Waals surface area contributed by atoms with Gasteiger partial charge in [-0.15, -0.1) is 10.2 Å². The minimum atomic E-state index is 0.0475. The highest BCUT2D eigenvalue weighted by Gasteiger charge is 2.14. The highest BCUT2D eigenvalue weighted by atomic mass is 79.9. The van der Waals surface area contributed by atoms with Crippen LogP contribution in [0.3, 0.4) is 0 Å². The average Bonchev–Trinajstić information content (AvgIpc) is 3.14. The summed E-state index contributed by atoms with van der Waals surface area (Å²) in [5, 5.41) is 8.47. The van der Waals surface area contributed by atoms with Crippen LogP contribution < -0.4 is 0 Å². The number of hydrogen-bond donors (Lipinski definition) is 0. The molecule has 26 heavy (non-hydrogen) atoms. The molecule has 1 unspecified atom stereocenters. The van der Waals surface area contributed by atoms with Gasteiger partial charge in [0.2, 0.25) is 5.89 Å². The van der Waals surface area contributed by atoms with Gasteiger partial charge in [0.05, 0.1) is 11.3 Å². The van der Waals surface area contributed by atoms with Crippen LogP contribution in [0.15, 0.2) is 62.6 Å². The first kappa shape index (κ1) is 18.9. The molecule has 1 atom stereocenters. The largest absolute Gasteiger partial charge is 0.411 e. The molecule has 0 saturated heterocycles. The Kier molecular flexibility index (Phi) is 6.27. The average molecular weight is 431 g/mol. The maximum atomic E-state index is 12.4. The SMILES string of the molecule is CCC(C)c1ccc(C(=O)CSc2nnc(-c3ccccc3Br)o2)cc1. The normalized spacial score (nSPS) is 12.1. The van der Waals surface area contributed by atoms with Crippen LogP contribution in [0.5, 0.6) is 0 Å². The van der Waals surface area contributed by atoms with Crippen molar-refractivity contribution in [1.82, 2.24) is 10.2 Å². The number of nitrogens with zero attached hydrogens (tertiary/aromatic N) is 2. The smallest absolute Gasteiger partial charge is 0.277 e. The van der Waals surface area contributed by atoms with E-state index in [1.807, 2.05) is 48.5 Å². The van der Waals surface area contributed by atoms with Crippen LogP contribution >= 0.6 is 27.7 Å². The van der Waals surface area contributed by atoms with Crippen LogP contribution in [0.4, 0.5) is 0 Å². The second kappa shape index (κ2) is 8.64. The van der Waals surface area contributed by atoms with Gasteiger partial charge in [-0.05, 0) is 46.0 Å². The number of aromatic nitrogens is 2. The summed E-state index contributed by atoms with van der Waals surface area (Å²) < 4.78 is 6.55. The van der Waals surface area contributed by atoms with Crippen molar-refractivity contribution in [2.24, 2.45) is 0 Å². The van der Waals surface area contributed by atoms with Gasteiger partial charge in [0.15, 0.2) is 5.78 Å². The lowest BCUT2D eigenvalue weighted by Gasteiger charge is -2.09.